The molecule has 0 saturated heterocycles. The molecule has 0 amide bonds. The number of carbonyl (C=O) groups excluding carboxylic acids is 1. The first kappa shape index (κ1) is 12.5. The monoisotopic (exact) mass is 198 g/mol. The van der Waals surface area contributed by atoms with Crippen molar-refractivity contribution < 1.29 is 14.4 Å². The van der Waals surface area contributed by atoms with E-state index in [0.29, 0.717) is 12.1 Å². The summed E-state index contributed by atoms with van der Waals surface area (Å²) >= 11 is 0. The van der Waals surface area contributed by atoms with Gasteiger partial charge >= 0.3 is 5.97 Å². The number of nitrogens with zero attached hydrogens (tertiary/aromatic N) is 1. The molecule has 78 valence electrons. The molecule has 5 heteroatoms. The quantitative estimate of drug-likeness (QED) is 0.307. The minimum atomic E-state index is -0.628. The van der Waals surface area contributed by atoms with Crippen LogP contribution in [0.3, 0.4) is 0 Å². The lowest BCUT2D eigenvalue weighted by Gasteiger charge is -2.08. The topological polar surface area (TPSA) is 71.4 Å². The van der Waals surface area contributed by atoms with Gasteiger partial charge in [0.05, 0.1) is 19.4 Å². The van der Waals surface area contributed by atoms with Gasteiger partial charge in [-0.1, -0.05) is 6.92 Å². The molecule has 0 aliphatic rings. The highest BCUT2D eigenvalue weighted by Crippen LogP contribution is 2.06. The Labute approximate surface area is 83.3 Å². The smallest absolute Gasteiger partial charge is 0.350 e. The lowest BCUT2D eigenvalue weighted by atomic mass is 10.2. The number of nitriles is 1. The normalized spacial score (nSPS) is 11.3. The zero-order valence-corrected chi connectivity index (χ0v) is 8.59. The van der Waals surface area contributed by atoms with E-state index in [1.165, 1.54) is 7.11 Å². The van der Waals surface area contributed by atoms with Crippen molar-refractivity contribution in [3.63, 3.8) is 0 Å². The Bertz CT molecular complexity index is 266. The van der Waals surface area contributed by atoms with E-state index >= 15 is 0 Å². The number of allylic oxidation sites excluding steroid dienone is 1. The van der Waals surface area contributed by atoms with E-state index in [4.69, 9.17) is 10.00 Å². The summed E-state index contributed by atoms with van der Waals surface area (Å²) < 4.78 is 4.71. The van der Waals surface area contributed by atoms with Crippen LogP contribution in [0.2, 0.25) is 0 Å². The molecule has 0 fully saturated rings. The van der Waals surface area contributed by atoms with Crippen molar-refractivity contribution in [3.8, 4) is 6.07 Å². The summed E-state index contributed by atoms with van der Waals surface area (Å²) in [7, 11) is 1.41. The van der Waals surface area contributed by atoms with Gasteiger partial charge in [-0.3, -0.25) is 10.3 Å². The summed E-state index contributed by atoms with van der Waals surface area (Å²) in [4.78, 5) is 15.9. The average Bonchev–Trinajstić information content (AvgIpc) is 2.18. The number of hydroxylamine groups is 1. The summed E-state index contributed by atoms with van der Waals surface area (Å²) in [5.41, 5.74) is 2.86. The molecule has 0 rings (SSSR count). The first-order valence-electron chi connectivity index (χ1n) is 4.30. The van der Waals surface area contributed by atoms with Crippen LogP contribution in [-0.2, 0) is 14.4 Å². The van der Waals surface area contributed by atoms with Crippen LogP contribution in [0.25, 0.3) is 0 Å². The zero-order chi connectivity index (χ0) is 11.0. The first-order chi connectivity index (χ1) is 6.71. The van der Waals surface area contributed by atoms with E-state index in [1.54, 1.807) is 19.9 Å². The van der Waals surface area contributed by atoms with Gasteiger partial charge in [-0.25, -0.2) is 4.79 Å². The van der Waals surface area contributed by atoms with E-state index in [9.17, 15) is 4.79 Å². The van der Waals surface area contributed by atoms with E-state index in [-0.39, 0.29) is 12.2 Å². The Morgan fingerprint density at radius 3 is 2.50 bits per heavy atom. The molecule has 0 aliphatic carbocycles. The molecular weight excluding hydrogens is 184 g/mol. The maximum absolute atomic E-state index is 11.3. The van der Waals surface area contributed by atoms with Crippen LogP contribution in [0, 0.1) is 11.3 Å². The van der Waals surface area contributed by atoms with Crippen LogP contribution in [0.15, 0.2) is 11.3 Å². The number of carbonyl (C=O) groups is 1. The second kappa shape index (κ2) is 6.92. The minimum absolute atomic E-state index is 0.0452. The fourth-order valence-corrected chi connectivity index (χ4v) is 0.863. The second-order valence-electron chi connectivity index (χ2n) is 2.35. The average molecular weight is 198 g/mol. The Kier molecular flexibility index (Phi) is 6.16. The summed E-state index contributed by atoms with van der Waals surface area (Å²) in [5.74, 6) is -0.628. The number of esters is 1. The van der Waals surface area contributed by atoms with Gasteiger partial charge in [0.1, 0.15) is 6.07 Å². The molecule has 5 nitrogen and oxygen atoms in total. The van der Waals surface area contributed by atoms with Gasteiger partial charge in [0.15, 0.2) is 5.57 Å². The van der Waals surface area contributed by atoms with Crippen molar-refractivity contribution >= 4 is 5.97 Å². The lowest BCUT2D eigenvalue weighted by molar-refractivity contribution is -0.138. The molecule has 0 saturated carbocycles. The minimum Gasteiger partial charge on any atom is -0.462 e. The zero-order valence-electron chi connectivity index (χ0n) is 8.59. The Morgan fingerprint density at radius 1 is 1.50 bits per heavy atom. The van der Waals surface area contributed by atoms with Gasteiger partial charge < -0.3 is 4.74 Å². The van der Waals surface area contributed by atoms with Crippen molar-refractivity contribution in [2.45, 2.75) is 20.3 Å². The molecule has 0 atom stereocenters. The molecule has 0 bridgehead atoms. The molecule has 0 unspecified atom stereocenters. The van der Waals surface area contributed by atoms with Crippen LogP contribution in [0.4, 0.5) is 0 Å². The molecular formula is C9H14N2O3. The third kappa shape index (κ3) is 3.46. The van der Waals surface area contributed by atoms with Gasteiger partial charge in [0, 0.05) is 0 Å². The van der Waals surface area contributed by atoms with Crippen LogP contribution in [0.1, 0.15) is 20.3 Å². The van der Waals surface area contributed by atoms with E-state index in [2.05, 4.69) is 10.3 Å². The number of rotatable bonds is 5. The molecule has 0 aliphatic heterocycles. The van der Waals surface area contributed by atoms with Crippen LogP contribution in [-0.4, -0.2) is 19.7 Å². The van der Waals surface area contributed by atoms with E-state index in [1.807, 2.05) is 0 Å². The summed E-state index contributed by atoms with van der Waals surface area (Å²) in [6.45, 7) is 3.73. The van der Waals surface area contributed by atoms with E-state index < -0.39 is 5.97 Å². The predicted molar refractivity (Wildman–Crippen MR) is 49.7 cm³/mol. The highest BCUT2D eigenvalue weighted by Gasteiger charge is 2.15. The number of hydrogen-bond donors (Lipinski definition) is 1. The number of ether oxygens (including phenoxy) is 1. The summed E-state index contributed by atoms with van der Waals surface area (Å²) in [6.07, 6.45) is 0.496. The van der Waals surface area contributed by atoms with Gasteiger partial charge in [-0.2, -0.15) is 5.26 Å². The Balaban J connectivity index is 4.80. The third-order valence-corrected chi connectivity index (χ3v) is 1.47. The molecule has 0 radical (unpaired) electrons. The molecule has 0 heterocycles. The second-order valence-corrected chi connectivity index (χ2v) is 2.35. The van der Waals surface area contributed by atoms with Crippen molar-refractivity contribution in [3.05, 3.63) is 11.3 Å². The SMILES string of the molecule is CCOC(=O)/C(C#N)=C(\CC)NOC. The maximum atomic E-state index is 11.3. The van der Waals surface area contributed by atoms with Gasteiger partial charge in [0.25, 0.3) is 0 Å². The number of nitrogens with one attached hydrogen (secondary N) is 1. The van der Waals surface area contributed by atoms with Gasteiger partial charge in [0.2, 0.25) is 0 Å². The predicted octanol–water partition coefficient (Wildman–Crippen LogP) is 0.888. The van der Waals surface area contributed by atoms with Crippen molar-refractivity contribution in [1.29, 1.82) is 5.26 Å². The summed E-state index contributed by atoms with van der Waals surface area (Å²) in [6, 6.07) is 1.79. The molecule has 1 N–H and O–H groups in total. The van der Waals surface area contributed by atoms with Gasteiger partial charge in [-0.05, 0) is 13.3 Å². The lowest BCUT2D eigenvalue weighted by Crippen LogP contribution is -2.18. The summed E-state index contributed by atoms with van der Waals surface area (Å²) in [5, 5.41) is 8.75. The molecule has 14 heavy (non-hydrogen) atoms. The molecule has 0 aromatic heterocycles. The molecule has 0 aromatic rings. The fourth-order valence-electron chi connectivity index (χ4n) is 0.863. The van der Waals surface area contributed by atoms with Crippen molar-refractivity contribution in [2.24, 2.45) is 0 Å². The Hall–Kier alpha value is -1.54. The van der Waals surface area contributed by atoms with Crippen LogP contribution >= 0.6 is 0 Å². The van der Waals surface area contributed by atoms with E-state index in [0.717, 1.165) is 0 Å². The standard InChI is InChI=1S/C9H14N2O3/c1-4-8(11-13-3)7(6-10)9(12)14-5-2/h11H,4-5H2,1-3H3/b8-7+. The molecule has 0 aromatic carbocycles. The maximum Gasteiger partial charge on any atom is 0.350 e. The fraction of sp³-hybridized carbons (Fsp3) is 0.556. The molecule has 0 spiro atoms. The number of hydrogen-bond acceptors (Lipinski definition) is 5. The van der Waals surface area contributed by atoms with Crippen LogP contribution in [0.5, 0.6) is 0 Å². The van der Waals surface area contributed by atoms with Crippen molar-refractivity contribution in [1.82, 2.24) is 5.48 Å². The van der Waals surface area contributed by atoms with Crippen LogP contribution < -0.4 is 5.48 Å². The third-order valence-electron chi connectivity index (χ3n) is 1.47. The first-order valence-corrected chi connectivity index (χ1v) is 4.30. The Morgan fingerprint density at radius 2 is 2.14 bits per heavy atom. The van der Waals surface area contributed by atoms with Crippen molar-refractivity contribution in [2.75, 3.05) is 13.7 Å². The van der Waals surface area contributed by atoms with Gasteiger partial charge in [-0.15, -0.1) is 0 Å². The largest absolute Gasteiger partial charge is 0.462 e. The highest BCUT2D eigenvalue weighted by molar-refractivity contribution is 5.93. The highest BCUT2D eigenvalue weighted by atomic mass is 16.6.